The Kier molecular flexibility index (Phi) is 5.58. The third kappa shape index (κ3) is 4.08. The molecule has 1 aromatic carbocycles. The van der Waals surface area contributed by atoms with Crippen molar-refractivity contribution in [3.63, 3.8) is 0 Å². The molecular formula is C10H15N3O4S2. The fourth-order valence-electron chi connectivity index (χ4n) is 1.40. The van der Waals surface area contributed by atoms with E-state index in [4.69, 9.17) is 0 Å². The van der Waals surface area contributed by atoms with Crippen molar-refractivity contribution in [3.05, 3.63) is 28.3 Å². The zero-order chi connectivity index (χ0) is 14.5. The second-order valence-electron chi connectivity index (χ2n) is 3.58. The molecule has 9 heteroatoms. The number of hydrogen-bond donors (Lipinski definition) is 2. The summed E-state index contributed by atoms with van der Waals surface area (Å²) in [6.07, 6.45) is 1.87. The molecule has 0 spiro atoms. The first-order valence-electron chi connectivity index (χ1n) is 5.37. The van der Waals surface area contributed by atoms with Crippen LogP contribution in [0.4, 0.5) is 11.4 Å². The SMILES string of the molecule is CNc1cc(S(=O)(=O)NCCSC)ccc1[N+](=O)[O-]. The maximum absolute atomic E-state index is 11.9. The number of nitro benzene ring substituents is 1. The van der Waals surface area contributed by atoms with Crippen molar-refractivity contribution < 1.29 is 13.3 Å². The van der Waals surface area contributed by atoms with E-state index < -0.39 is 14.9 Å². The summed E-state index contributed by atoms with van der Waals surface area (Å²) in [5, 5.41) is 13.4. The van der Waals surface area contributed by atoms with Gasteiger partial charge in [-0.3, -0.25) is 10.1 Å². The van der Waals surface area contributed by atoms with Crippen molar-refractivity contribution in [1.82, 2.24) is 4.72 Å². The van der Waals surface area contributed by atoms with E-state index in [9.17, 15) is 18.5 Å². The Morgan fingerprint density at radius 2 is 2.11 bits per heavy atom. The molecule has 2 N–H and O–H groups in total. The van der Waals surface area contributed by atoms with Gasteiger partial charge in [0.15, 0.2) is 0 Å². The first-order valence-corrected chi connectivity index (χ1v) is 8.25. The first kappa shape index (κ1) is 15.7. The molecule has 0 fully saturated rings. The maximum atomic E-state index is 11.9. The summed E-state index contributed by atoms with van der Waals surface area (Å²) in [6.45, 7) is 0.315. The summed E-state index contributed by atoms with van der Waals surface area (Å²) in [5.41, 5.74) is 0.00306. The van der Waals surface area contributed by atoms with Crippen LogP contribution in [-0.4, -0.2) is 38.9 Å². The number of hydrogen-bond acceptors (Lipinski definition) is 6. The first-order chi connectivity index (χ1) is 8.92. The number of anilines is 1. The number of nitrogens with zero attached hydrogens (tertiary/aromatic N) is 1. The predicted molar refractivity (Wildman–Crippen MR) is 76.2 cm³/mol. The molecule has 7 nitrogen and oxygen atoms in total. The van der Waals surface area contributed by atoms with E-state index in [2.05, 4.69) is 10.0 Å². The van der Waals surface area contributed by atoms with Crippen LogP contribution in [0.1, 0.15) is 0 Å². The Morgan fingerprint density at radius 1 is 1.42 bits per heavy atom. The minimum atomic E-state index is -3.63. The van der Waals surface area contributed by atoms with Crippen LogP contribution in [0.2, 0.25) is 0 Å². The minimum absolute atomic E-state index is 0.00329. The zero-order valence-electron chi connectivity index (χ0n) is 10.5. The van der Waals surface area contributed by atoms with E-state index in [0.717, 1.165) is 0 Å². The Bertz CT molecular complexity index is 560. The lowest BCUT2D eigenvalue weighted by molar-refractivity contribution is -0.384. The van der Waals surface area contributed by atoms with Gasteiger partial charge < -0.3 is 5.32 Å². The maximum Gasteiger partial charge on any atom is 0.292 e. The van der Waals surface area contributed by atoms with E-state index >= 15 is 0 Å². The molecule has 19 heavy (non-hydrogen) atoms. The molecule has 0 aliphatic rings. The van der Waals surface area contributed by atoms with Gasteiger partial charge in [-0.1, -0.05) is 0 Å². The van der Waals surface area contributed by atoms with Crippen LogP contribution in [0.3, 0.4) is 0 Å². The summed E-state index contributed by atoms with van der Waals surface area (Å²) in [5.74, 6) is 0.658. The molecule has 0 radical (unpaired) electrons. The molecule has 0 aliphatic heterocycles. The summed E-state index contributed by atoms with van der Waals surface area (Å²) in [4.78, 5) is 10.2. The quantitative estimate of drug-likeness (QED) is 0.447. The highest BCUT2D eigenvalue weighted by Gasteiger charge is 2.19. The number of nitrogens with one attached hydrogen (secondary N) is 2. The van der Waals surface area contributed by atoms with Crippen LogP contribution >= 0.6 is 11.8 Å². The molecule has 0 heterocycles. The van der Waals surface area contributed by atoms with E-state index in [0.29, 0.717) is 12.3 Å². The Hall–Kier alpha value is -1.32. The summed E-state index contributed by atoms with van der Waals surface area (Å²) < 4.78 is 26.3. The van der Waals surface area contributed by atoms with Crippen LogP contribution < -0.4 is 10.0 Å². The Morgan fingerprint density at radius 3 is 2.63 bits per heavy atom. The van der Waals surface area contributed by atoms with E-state index in [1.54, 1.807) is 0 Å². The Balaban J connectivity index is 3.05. The van der Waals surface area contributed by atoms with Crippen molar-refractivity contribution in [1.29, 1.82) is 0 Å². The highest BCUT2D eigenvalue weighted by atomic mass is 32.2. The van der Waals surface area contributed by atoms with Gasteiger partial charge in [-0.05, 0) is 18.4 Å². The predicted octanol–water partition coefficient (Wildman–Crippen LogP) is 1.28. The van der Waals surface area contributed by atoms with Crippen LogP contribution in [0.15, 0.2) is 23.1 Å². The third-order valence-corrected chi connectivity index (χ3v) is 4.41. The zero-order valence-corrected chi connectivity index (χ0v) is 12.2. The topological polar surface area (TPSA) is 101 Å². The molecule has 1 aromatic rings. The van der Waals surface area contributed by atoms with Crippen molar-refractivity contribution >= 4 is 33.2 Å². The van der Waals surface area contributed by atoms with Crippen molar-refractivity contribution in [2.45, 2.75) is 4.90 Å². The van der Waals surface area contributed by atoms with E-state index in [1.165, 1.54) is 37.0 Å². The fourth-order valence-corrected chi connectivity index (χ4v) is 2.90. The normalized spacial score (nSPS) is 11.3. The highest BCUT2D eigenvalue weighted by molar-refractivity contribution is 7.98. The van der Waals surface area contributed by atoms with Gasteiger partial charge in [0, 0.05) is 25.4 Å². The lowest BCUT2D eigenvalue weighted by atomic mass is 10.3. The monoisotopic (exact) mass is 305 g/mol. The van der Waals surface area contributed by atoms with Gasteiger partial charge in [0.2, 0.25) is 10.0 Å². The molecule has 106 valence electrons. The second kappa shape index (κ2) is 6.73. The molecule has 0 unspecified atom stereocenters. The van der Waals surface area contributed by atoms with Crippen molar-refractivity contribution in [2.75, 3.05) is 30.9 Å². The smallest absolute Gasteiger partial charge is 0.292 e. The van der Waals surface area contributed by atoms with Gasteiger partial charge >= 0.3 is 0 Å². The number of sulfonamides is 1. The van der Waals surface area contributed by atoms with Gasteiger partial charge in [0.1, 0.15) is 5.69 Å². The number of benzene rings is 1. The average Bonchev–Trinajstić information content (AvgIpc) is 2.38. The van der Waals surface area contributed by atoms with Gasteiger partial charge in [-0.2, -0.15) is 11.8 Å². The van der Waals surface area contributed by atoms with Crippen molar-refractivity contribution in [3.8, 4) is 0 Å². The molecule has 0 saturated heterocycles. The largest absolute Gasteiger partial charge is 0.383 e. The molecule has 0 bridgehead atoms. The summed E-state index contributed by atoms with van der Waals surface area (Å²) in [6, 6.07) is 3.65. The second-order valence-corrected chi connectivity index (χ2v) is 6.33. The van der Waals surface area contributed by atoms with E-state index in [-0.39, 0.29) is 16.3 Å². The molecule has 0 aromatic heterocycles. The van der Waals surface area contributed by atoms with Gasteiger partial charge in [-0.15, -0.1) is 0 Å². The van der Waals surface area contributed by atoms with Crippen LogP contribution in [0.25, 0.3) is 0 Å². The van der Waals surface area contributed by atoms with Crippen molar-refractivity contribution in [2.24, 2.45) is 0 Å². The molecule has 0 aliphatic carbocycles. The molecule has 1 rings (SSSR count). The van der Waals surface area contributed by atoms with E-state index in [1.807, 2.05) is 6.26 Å². The number of nitro groups is 1. The molecular weight excluding hydrogens is 290 g/mol. The lowest BCUT2D eigenvalue weighted by Gasteiger charge is -2.08. The van der Waals surface area contributed by atoms with Gasteiger partial charge in [0.05, 0.1) is 9.82 Å². The lowest BCUT2D eigenvalue weighted by Crippen LogP contribution is -2.26. The highest BCUT2D eigenvalue weighted by Crippen LogP contribution is 2.26. The standard InChI is InChI=1S/C10H15N3O4S2/c1-11-9-7-8(3-4-10(9)13(14)15)19(16,17)12-5-6-18-2/h3-4,7,11-12H,5-6H2,1-2H3. The molecule has 0 amide bonds. The average molecular weight is 305 g/mol. The van der Waals surface area contributed by atoms with Gasteiger partial charge in [0.25, 0.3) is 5.69 Å². The summed E-state index contributed by atoms with van der Waals surface area (Å²) in [7, 11) is -2.13. The van der Waals surface area contributed by atoms with Gasteiger partial charge in [-0.25, -0.2) is 13.1 Å². The molecule has 0 saturated carbocycles. The molecule has 0 atom stereocenters. The summed E-state index contributed by atoms with van der Waals surface area (Å²) >= 11 is 1.52. The fraction of sp³-hybridized carbons (Fsp3) is 0.400. The number of rotatable bonds is 7. The van der Waals surface area contributed by atoms with Crippen LogP contribution in [0, 0.1) is 10.1 Å². The van der Waals surface area contributed by atoms with Crippen LogP contribution in [-0.2, 0) is 10.0 Å². The Labute approximate surface area is 116 Å². The minimum Gasteiger partial charge on any atom is -0.383 e. The van der Waals surface area contributed by atoms with Crippen LogP contribution in [0.5, 0.6) is 0 Å². The third-order valence-electron chi connectivity index (χ3n) is 2.34. The number of thioether (sulfide) groups is 1.